The Hall–Kier alpha value is -2.37. The van der Waals surface area contributed by atoms with Crippen LogP contribution in [0.25, 0.3) is 0 Å². The lowest BCUT2D eigenvalue weighted by molar-refractivity contribution is -0.136. The molecule has 0 aliphatic heterocycles. The highest BCUT2D eigenvalue weighted by Gasteiger charge is 2.12. The molecule has 2 rings (SSSR count). The topological polar surface area (TPSA) is 79.5 Å². The molecule has 0 saturated heterocycles. The van der Waals surface area contributed by atoms with E-state index in [2.05, 4.69) is 10.2 Å². The number of benzene rings is 1. The summed E-state index contributed by atoms with van der Waals surface area (Å²) in [4.78, 5) is 12.6. The highest BCUT2D eigenvalue weighted by atomic mass is 16.4. The molecular weight excluding hydrogens is 246 g/mol. The fraction of sp³-hybridized carbons (Fsp3) is 0.308. The average molecular weight is 261 g/mol. The minimum Gasteiger partial charge on any atom is -0.481 e. The van der Waals surface area contributed by atoms with Crippen molar-refractivity contribution in [3.8, 4) is 0 Å². The first-order chi connectivity index (χ1) is 9.15. The quantitative estimate of drug-likeness (QED) is 0.855. The van der Waals surface area contributed by atoms with E-state index in [1.54, 1.807) is 6.92 Å². The summed E-state index contributed by atoms with van der Waals surface area (Å²) < 4.78 is 5.33. The van der Waals surface area contributed by atoms with Crippen LogP contribution >= 0.6 is 0 Å². The number of hydrogen-bond acceptors (Lipinski definition) is 5. The van der Waals surface area contributed by atoms with Crippen molar-refractivity contribution in [1.29, 1.82) is 0 Å². The van der Waals surface area contributed by atoms with Crippen LogP contribution in [0.1, 0.15) is 18.2 Å². The Morgan fingerprint density at radius 1 is 1.32 bits per heavy atom. The third-order valence-electron chi connectivity index (χ3n) is 2.61. The molecule has 100 valence electrons. The number of aromatic nitrogens is 2. The summed E-state index contributed by atoms with van der Waals surface area (Å²) in [5, 5.41) is 16.5. The van der Waals surface area contributed by atoms with Crippen LogP contribution in [-0.4, -0.2) is 27.8 Å². The number of carbonyl (C=O) groups is 1. The van der Waals surface area contributed by atoms with Crippen molar-refractivity contribution >= 4 is 11.7 Å². The van der Waals surface area contributed by atoms with Gasteiger partial charge in [0.05, 0.1) is 13.0 Å². The van der Waals surface area contributed by atoms with Gasteiger partial charge in [-0.2, -0.15) is 0 Å². The number of para-hydroxylation sites is 1. The van der Waals surface area contributed by atoms with Gasteiger partial charge in [-0.05, 0) is 12.1 Å². The number of carboxylic acid groups (broad SMARTS) is 1. The Morgan fingerprint density at radius 3 is 2.63 bits per heavy atom. The predicted octanol–water partition coefficient (Wildman–Crippen LogP) is 1.86. The molecule has 1 aromatic carbocycles. The lowest BCUT2D eigenvalue weighted by atomic mass is 10.2. The standard InChI is InChI=1S/C13H15N3O3/c1-10-14-15-12(19-10)9-16(8-7-13(17)18)11-5-3-2-4-6-11/h2-6H,7-9H2,1H3,(H,17,18). The maximum absolute atomic E-state index is 10.7. The molecule has 0 radical (unpaired) electrons. The van der Waals surface area contributed by atoms with Gasteiger partial charge < -0.3 is 14.4 Å². The van der Waals surface area contributed by atoms with Gasteiger partial charge in [-0.25, -0.2) is 0 Å². The van der Waals surface area contributed by atoms with Gasteiger partial charge in [0.15, 0.2) is 0 Å². The third kappa shape index (κ3) is 3.80. The van der Waals surface area contributed by atoms with Crippen LogP contribution in [0.4, 0.5) is 5.69 Å². The number of aliphatic carboxylic acids is 1. The molecule has 0 amide bonds. The first kappa shape index (κ1) is 13.1. The molecule has 0 saturated carbocycles. The Kier molecular flexibility index (Phi) is 4.12. The Labute approximate surface area is 110 Å². The van der Waals surface area contributed by atoms with E-state index in [1.165, 1.54) is 0 Å². The molecule has 19 heavy (non-hydrogen) atoms. The van der Waals surface area contributed by atoms with Gasteiger partial charge in [0.2, 0.25) is 11.8 Å². The van der Waals surface area contributed by atoms with Crippen molar-refractivity contribution in [3.05, 3.63) is 42.1 Å². The van der Waals surface area contributed by atoms with E-state index in [9.17, 15) is 4.79 Å². The minimum absolute atomic E-state index is 0.0576. The smallest absolute Gasteiger partial charge is 0.305 e. The highest BCUT2D eigenvalue weighted by Crippen LogP contribution is 2.16. The van der Waals surface area contributed by atoms with Crippen molar-refractivity contribution in [3.63, 3.8) is 0 Å². The first-order valence-corrected chi connectivity index (χ1v) is 5.96. The van der Waals surface area contributed by atoms with E-state index in [1.807, 2.05) is 35.2 Å². The summed E-state index contributed by atoms with van der Waals surface area (Å²) >= 11 is 0. The second-order valence-electron chi connectivity index (χ2n) is 4.12. The summed E-state index contributed by atoms with van der Waals surface area (Å²) in [7, 11) is 0. The Bertz CT molecular complexity index is 539. The molecule has 6 heteroatoms. The van der Waals surface area contributed by atoms with Gasteiger partial charge in [-0.15, -0.1) is 10.2 Å². The van der Waals surface area contributed by atoms with E-state index in [4.69, 9.17) is 9.52 Å². The van der Waals surface area contributed by atoms with E-state index >= 15 is 0 Å². The normalized spacial score (nSPS) is 10.4. The number of anilines is 1. The molecule has 2 aromatic rings. The largest absolute Gasteiger partial charge is 0.481 e. The van der Waals surface area contributed by atoms with Crippen LogP contribution in [0.2, 0.25) is 0 Å². The molecule has 0 unspecified atom stereocenters. The number of carboxylic acids is 1. The fourth-order valence-electron chi connectivity index (χ4n) is 1.73. The van der Waals surface area contributed by atoms with E-state index in [0.29, 0.717) is 24.9 Å². The van der Waals surface area contributed by atoms with Crippen LogP contribution in [0.5, 0.6) is 0 Å². The molecule has 0 atom stereocenters. The van der Waals surface area contributed by atoms with Crippen molar-refractivity contribution in [2.45, 2.75) is 19.9 Å². The zero-order chi connectivity index (χ0) is 13.7. The van der Waals surface area contributed by atoms with Gasteiger partial charge >= 0.3 is 5.97 Å². The number of aryl methyl sites for hydroxylation is 1. The second kappa shape index (κ2) is 5.99. The molecule has 0 spiro atoms. The molecule has 0 bridgehead atoms. The second-order valence-corrected chi connectivity index (χ2v) is 4.12. The monoisotopic (exact) mass is 261 g/mol. The fourth-order valence-corrected chi connectivity index (χ4v) is 1.73. The summed E-state index contributed by atoms with van der Waals surface area (Å²) in [5.74, 6) is 0.149. The maximum atomic E-state index is 10.7. The van der Waals surface area contributed by atoms with Crippen LogP contribution in [0, 0.1) is 6.92 Å². The number of nitrogens with zero attached hydrogens (tertiary/aromatic N) is 3. The maximum Gasteiger partial charge on any atom is 0.305 e. The lowest BCUT2D eigenvalue weighted by Crippen LogP contribution is -2.25. The summed E-state index contributed by atoms with van der Waals surface area (Å²) in [6.07, 6.45) is 0.0576. The average Bonchev–Trinajstić information content (AvgIpc) is 2.81. The molecular formula is C13H15N3O3. The summed E-state index contributed by atoms with van der Waals surface area (Å²) in [5.41, 5.74) is 0.930. The third-order valence-corrected chi connectivity index (χ3v) is 2.61. The number of rotatable bonds is 6. The van der Waals surface area contributed by atoms with Crippen LogP contribution in [0.15, 0.2) is 34.7 Å². The van der Waals surface area contributed by atoms with Gasteiger partial charge in [0.25, 0.3) is 0 Å². The predicted molar refractivity (Wildman–Crippen MR) is 68.8 cm³/mol. The van der Waals surface area contributed by atoms with Gasteiger partial charge in [-0.3, -0.25) is 4.79 Å². The van der Waals surface area contributed by atoms with Crippen LogP contribution < -0.4 is 4.90 Å². The molecule has 1 aromatic heterocycles. The van der Waals surface area contributed by atoms with Gasteiger partial charge in [0.1, 0.15) is 0 Å². The Morgan fingerprint density at radius 2 is 2.05 bits per heavy atom. The molecule has 0 fully saturated rings. The number of hydrogen-bond donors (Lipinski definition) is 1. The SMILES string of the molecule is Cc1nnc(CN(CCC(=O)O)c2ccccc2)o1. The van der Waals surface area contributed by atoms with E-state index in [-0.39, 0.29) is 6.42 Å². The van der Waals surface area contributed by atoms with Gasteiger partial charge in [0, 0.05) is 19.2 Å². The lowest BCUT2D eigenvalue weighted by Gasteiger charge is -2.22. The van der Waals surface area contributed by atoms with Crippen molar-refractivity contribution in [1.82, 2.24) is 10.2 Å². The van der Waals surface area contributed by atoms with E-state index in [0.717, 1.165) is 5.69 Å². The molecule has 0 aliphatic rings. The molecule has 0 aliphatic carbocycles. The van der Waals surface area contributed by atoms with Crippen LogP contribution in [-0.2, 0) is 11.3 Å². The molecule has 6 nitrogen and oxygen atoms in total. The zero-order valence-electron chi connectivity index (χ0n) is 10.6. The van der Waals surface area contributed by atoms with Crippen molar-refractivity contribution < 1.29 is 14.3 Å². The highest BCUT2D eigenvalue weighted by molar-refractivity contribution is 5.67. The zero-order valence-corrected chi connectivity index (χ0v) is 10.6. The Balaban J connectivity index is 2.12. The first-order valence-electron chi connectivity index (χ1n) is 5.96. The summed E-state index contributed by atoms with van der Waals surface area (Å²) in [6, 6.07) is 9.57. The van der Waals surface area contributed by atoms with Crippen molar-refractivity contribution in [2.75, 3.05) is 11.4 Å². The summed E-state index contributed by atoms with van der Waals surface area (Å²) in [6.45, 7) is 2.51. The van der Waals surface area contributed by atoms with Crippen molar-refractivity contribution in [2.24, 2.45) is 0 Å². The van der Waals surface area contributed by atoms with Crippen LogP contribution in [0.3, 0.4) is 0 Å². The minimum atomic E-state index is -0.831. The molecule has 1 heterocycles. The van der Waals surface area contributed by atoms with Gasteiger partial charge in [-0.1, -0.05) is 18.2 Å². The molecule has 1 N–H and O–H groups in total. The van der Waals surface area contributed by atoms with E-state index < -0.39 is 5.97 Å².